The van der Waals surface area contributed by atoms with E-state index in [0.29, 0.717) is 24.3 Å². The van der Waals surface area contributed by atoms with Crippen LogP contribution in [0, 0.1) is 11.8 Å². The molecule has 2 aromatic heterocycles. The highest BCUT2D eigenvalue weighted by molar-refractivity contribution is 5.84. The fourth-order valence-electron chi connectivity index (χ4n) is 3.08. The number of aromatic nitrogens is 2. The van der Waals surface area contributed by atoms with Crippen LogP contribution in [-0.2, 0) is 0 Å². The van der Waals surface area contributed by atoms with Crippen molar-refractivity contribution in [2.75, 3.05) is 13.7 Å². The Labute approximate surface area is 130 Å². The monoisotopic (exact) mass is 298 g/mol. The molecule has 0 amide bonds. The zero-order chi connectivity index (χ0) is 15.4. The van der Waals surface area contributed by atoms with E-state index in [9.17, 15) is 5.11 Å². The molecule has 22 heavy (non-hydrogen) atoms. The zero-order valence-electron chi connectivity index (χ0n) is 12.9. The Hall–Kier alpha value is -1.94. The smallest absolute Gasteiger partial charge is 0.213 e. The van der Waals surface area contributed by atoms with Crippen LogP contribution < -0.4 is 4.74 Å². The van der Waals surface area contributed by atoms with Gasteiger partial charge in [0.1, 0.15) is 0 Å². The van der Waals surface area contributed by atoms with Crippen LogP contribution in [0.4, 0.5) is 0 Å². The Morgan fingerprint density at radius 1 is 1.23 bits per heavy atom. The van der Waals surface area contributed by atoms with Gasteiger partial charge in [-0.15, -0.1) is 0 Å². The van der Waals surface area contributed by atoms with Crippen LogP contribution in [0.25, 0.3) is 17.1 Å². The number of hydrogen-bond donors (Lipinski definition) is 1. The summed E-state index contributed by atoms with van der Waals surface area (Å²) in [6, 6.07) is 5.76. The highest BCUT2D eigenvalue weighted by Crippen LogP contribution is 2.30. The van der Waals surface area contributed by atoms with Crippen molar-refractivity contribution in [3.05, 3.63) is 36.0 Å². The van der Waals surface area contributed by atoms with Crippen molar-refractivity contribution in [1.82, 2.24) is 9.97 Å². The number of methoxy groups -OCH3 is 1. The van der Waals surface area contributed by atoms with Gasteiger partial charge < -0.3 is 9.84 Å². The lowest BCUT2D eigenvalue weighted by atomic mass is 9.82. The summed E-state index contributed by atoms with van der Waals surface area (Å²) in [5, 5.41) is 9.21. The first kappa shape index (κ1) is 15.0. The van der Waals surface area contributed by atoms with E-state index in [0.717, 1.165) is 42.3 Å². The first-order valence-corrected chi connectivity index (χ1v) is 7.89. The summed E-state index contributed by atoms with van der Waals surface area (Å²) in [7, 11) is 1.62. The normalized spacial score (nSPS) is 22.3. The number of pyridine rings is 2. The topological polar surface area (TPSA) is 55.2 Å². The Balaban J connectivity index is 1.80. The van der Waals surface area contributed by atoms with Gasteiger partial charge in [0.15, 0.2) is 0 Å². The van der Waals surface area contributed by atoms with Gasteiger partial charge >= 0.3 is 0 Å². The number of hydrogen-bond acceptors (Lipinski definition) is 4. The van der Waals surface area contributed by atoms with Gasteiger partial charge in [0.25, 0.3) is 0 Å². The quantitative estimate of drug-likeness (QED) is 0.939. The minimum Gasteiger partial charge on any atom is -0.481 e. The van der Waals surface area contributed by atoms with Crippen LogP contribution >= 0.6 is 0 Å². The lowest BCUT2D eigenvalue weighted by Gasteiger charge is -2.25. The minimum atomic E-state index is 0.329. The third-order valence-corrected chi connectivity index (χ3v) is 4.50. The molecule has 0 spiro atoms. The van der Waals surface area contributed by atoms with E-state index in [1.54, 1.807) is 7.11 Å². The Morgan fingerprint density at radius 3 is 2.77 bits per heavy atom. The maximum atomic E-state index is 9.21. The maximum absolute atomic E-state index is 9.21. The van der Waals surface area contributed by atoms with E-state index in [-0.39, 0.29) is 0 Å². The van der Waals surface area contributed by atoms with Gasteiger partial charge in [-0.3, -0.25) is 4.98 Å². The summed E-state index contributed by atoms with van der Waals surface area (Å²) in [5.74, 6) is 1.70. The molecule has 2 aromatic rings. The molecular weight excluding hydrogens is 276 g/mol. The van der Waals surface area contributed by atoms with Crippen molar-refractivity contribution < 1.29 is 9.84 Å². The fourth-order valence-corrected chi connectivity index (χ4v) is 3.08. The molecule has 1 N–H and O–H groups in total. The summed E-state index contributed by atoms with van der Waals surface area (Å²) in [6.45, 7) is 0.329. The van der Waals surface area contributed by atoms with Crippen molar-refractivity contribution in [3.8, 4) is 5.88 Å². The summed E-state index contributed by atoms with van der Waals surface area (Å²) < 4.78 is 5.21. The second kappa shape index (κ2) is 6.88. The van der Waals surface area contributed by atoms with Gasteiger partial charge in [-0.25, -0.2) is 4.98 Å². The molecule has 0 atom stereocenters. The van der Waals surface area contributed by atoms with Crippen molar-refractivity contribution in [2.45, 2.75) is 25.7 Å². The molecular formula is C18H22N2O2. The first-order valence-electron chi connectivity index (χ1n) is 7.89. The molecule has 1 saturated carbocycles. The summed E-state index contributed by atoms with van der Waals surface area (Å²) in [6.07, 6.45) is 10.8. The predicted octanol–water partition coefficient (Wildman–Crippen LogP) is 3.45. The van der Waals surface area contributed by atoms with E-state index < -0.39 is 0 Å². The van der Waals surface area contributed by atoms with Gasteiger partial charge in [-0.05, 0) is 49.7 Å². The van der Waals surface area contributed by atoms with Gasteiger partial charge in [0.2, 0.25) is 5.88 Å². The lowest BCUT2D eigenvalue weighted by molar-refractivity contribution is 0.178. The number of ether oxygens (including phenoxy) is 1. The highest BCUT2D eigenvalue weighted by Gasteiger charge is 2.18. The third-order valence-electron chi connectivity index (χ3n) is 4.50. The number of nitrogens with zero attached hydrogens (tertiary/aromatic N) is 2. The second-order valence-corrected chi connectivity index (χ2v) is 5.94. The maximum Gasteiger partial charge on any atom is 0.213 e. The number of rotatable bonds is 4. The molecule has 0 aromatic carbocycles. The van der Waals surface area contributed by atoms with E-state index in [1.807, 2.05) is 24.4 Å². The third kappa shape index (κ3) is 3.28. The van der Waals surface area contributed by atoms with Crippen molar-refractivity contribution in [3.63, 3.8) is 0 Å². The average Bonchev–Trinajstić information content (AvgIpc) is 2.59. The molecule has 3 rings (SSSR count). The van der Waals surface area contributed by atoms with Crippen LogP contribution in [-0.4, -0.2) is 28.8 Å². The van der Waals surface area contributed by atoms with Crippen molar-refractivity contribution in [2.24, 2.45) is 11.8 Å². The number of aliphatic hydroxyl groups is 1. The molecule has 0 aliphatic heterocycles. The molecule has 1 fully saturated rings. The summed E-state index contributed by atoms with van der Waals surface area (Å²) in [5.41, 5.74) is 2.84. The van der Waals surface area contributed by atoms with Crippen LogP contribution in [0.1, 0.15) is 31.2 Å². The largest absolute Gasteiger partial charge is 0.481 e. The second-order valence-electron chi connectivity index (χ2n) is 5.94. The van der Waals surface area contributed by atoms with Gasteiger partial charge in [0.05, 0.1) is 18.1 Å². The van der Waals surface area contributed by atoms with E-state index in [4.69, 9.17) is 4.74 Å². The number of fused-ring (bicyclic) bond motifs is 1. The van der Waals surface area contributed by atoms with E-state index in [1.165, 1.54) is 0 Å². The van der Waals surface area contributed by atoms with Crippen LogP contribution in [0.3, 0.4) is 0 Å². The van der Waals surface area contributed by atoms with E-state index in [2.05, 4.69) is 22.1 Å². The average molecular weight is 298 g/mol. The fraction of sp³-hybridized carbons (Fsp3) is 0.444. The summed E-state index contributed by atoms with van der Waals surface area (Å²) >= 11 is 0. The van der Waals surface area contributed by atoms with Crippen LogP contribution in [0.2, 0.25) is 0 Å². The van der Waals surface area contributed by atoms with Crippen LogP contribution in [0.5, 0.6) is 5.88 Å². The van der Waals surface area contributed by atoms with Crippen molar-refractivity contribution >= 4 is 17.1 Å². The van der Waals surface area contributed by atoms with Gasteiger partial charge in [-0.1, -0.05) is 12.2 Å². The number of allylic oxidation sites excluding steroid dienone is 1. The zero-order valence-corrected chi connectivity index (χ0v) is 12.9. The Morgan fingerprint density at radius 2 is 2.05 bits per heavy atom. The lowest BCUT2D eigenvalue weighted by Crippen LogP contribution is -2.15. The molecule has 2 heterocycles. The first-order chi connectivity index (χ1) is 10.8. The predicted molar refractivity (Wildman–Crippen MR) is 87.7 cm³/mol. The Kier molecular flexibility index (Phi) is 4.68. The minimum absolute atomic E-state index is 0.329. The van der Waals surface area contributed by atoms with Gasteiger partial charge in [-0.2, -0.15) is 0 Å². The molecule has 1 aliphatic rings. The van der Waals surface area contributed by atoms with Crippen molar-refractivity contribution in [1.29, 1.82) is 0 Å². The van der Waals surface area contributed by atoms with E-state index >= 15 is 0 Å². The molecule has 4 heteroatoms. The number of aliphatic hydroxyl groups excluding tert-OH is 1. The molecule has 0 unspecified atom stereocenters. The standard InChI is InChI=1S/C18H22N2O2/c1-22-17-9-8-16-18(20-17)15(10-11-19-16)7-6-13-2-4-14(12-21)5-3-13/h6-11,13-14,21H,2-5,12H2,1H3/t13-,14-. The molecule has 4 nitrogen and oxygen atoms in total. The SMILES string of the molecule is COc1ccc2nccc(C=C[C@H]3CC[C@H](CO)CC3)c2n1. The molecule has 0 saturated heterocycles. The molecule has 1 aliphatic carbocycles. The van der Waals surface area contributed by atoms with Crippen LogP contribution in [0.15, 0.2) is 30.5 Å². The Bertz CT molecular complexity index is 661. The van der Waals surface area contributed by atoms with Gasteiger partial charge in [0, 0.05) is 24.4 Å². The summed E-state index contributed by atoms with van der Waals surface area (Å²) in [4.78, 5) is 8.87. The molecule has 0 radical (unpaired) electrons. The molecule has 0 bridgehead atoms. The molecule has 116 valence electrons. The highest BCUT2D eigenvalue weighted by atomic mass is 16.5.